The molecule has 0 saturated carbocycles. The maximum Gasteiger partial charge on any atom is 0.260 e. The van der Waals surface area contributed by atoms with E-state index in [0.29, 0.717) is 0 Å². The molecule has 0 radical (unpaired) electrons. The SMILES string of the molecule is CC(=O)N1CCC[C@@H]2N(C(=O)COc3c(C)cccc3C)CCC[C@@]21C. The number of amides is 2. The standard InChI is InChI=1S/C21H30N2O3/c1-15-8-5-9-16(2)20(15)26-14-19(25)22-12-7-11-21(4)18(22)10-6-13-23(21)17(3)24/h5,8-9,18H,6-7,10-14H2,1-4H3/t18-,21-/m0/s1. The Kier molecular flexibility index (Phi) is 5.26. The first kappa shape index (κ1) is 18.7. The van der Waals surface area contributed by atoms with E-state index in [1.54, 1.807) is 6.92 Å². The molecule has 2 fully saturated rings. The van der Waals surface area contributed by atoms with Gasteiger partial charge >= 0.3 is 0 Å². The molecule has 2 aliphatic rings. The van der Waals surface area contributed by atoms with Gasteiger partial charge in [0.1, 0.15) is 5.75 Å². The molecule has 1 aromatic carbocycles. The summed E-state index contributed by atoms with van der Waals surface area (Å²) in [5, 5.41) is 0. The van der Waals surface area contributed by atoms with Gasteiger partial charge in [-0.25, -0.2) is 0 Å². The second kappa shape index (κ2) is 7.29. The third kappa shape index (κ3) is 3.31. The second-order valence-electron chi connectivity index (χ2n) is 7.89. The molecule has 2 atom stereocenters. The molecule has 2 heterocycles. The summed E-state index contributed by atoms with van der Waals surface area (Å²) in [5.74, 6) is 0.932. The fraction of sp³-hybridized carbons (Fsp3) is 0.619. The maximum absolute atomic E-state index is 13.0. The smallest absolute Gasteiger partial charge is 0.260 e. The van der Waals surface area contributed by atoms with Crippen molar-refractivity contribution in [3.63, 3.8) is 0 Å². The Balaban J connectivity index is 1.74. The van der Waals surface area contributed by atoms with E-state index in [0.717, 1.165) is 55.6 Å². The van der Waals surface area contributed by atoms with E-state index in [-0.39, 0.29) is 30.0 Å². The van der Waals surface area contributed by atoms with E-state index in [1.165, 1.54) is 0 Å². The monoisotopic (exact) mass is 358 g/mol. The number of fused-ring (bicyclic) bond motifs is 1. The van der Waals surface area contributed by atoms with Crippen LogP contribution in [0.3, 0.4) is 0 Å². The molecular weight excluding hydrogens is 328 g/mol. The Labute approximate surface area is 156 Å². The number of benzene rings is 1. The molecule has 0 aliphatic carbocycles. The number of likely N-dealkylation sites (tertiary alicyclic amines) is 2. The Morgan fingerprint density at radius 1 is 1.19 bits per heavy atom. The number of aryl methyl sites for hydroxylation is 2. The van der Waals surface area contributed by atoms with Gasteiger partial charge < -0.3 is 14.5 Å². The summed E-state index contributed by atoms with van der Waals surface area (Å²) in [7, 11) is 0. The predicted molar refractivity (Wildman–Crippen MR) is 101 cm³/mol. The van der Waals surface area contributed by atoms with Crippen LogP contribution in [0.15, 0.2) is 18.2 Å². The minimum Gasteiger partial charge on any atom is -0.483 e. The topological polar surface area (TPSA) is 49.9 Å². The highest BCUT2D eigenvalue weighted by Crippen LogP contribution is 2.39. The summed E-state index contributed by atoms with van der Waals surface area (Å²) in [6.45, 7) is 9.37. The molecule has 3 rings (SSSR count). The summed E-state index contributed by atoms with van der Waals surface area (Å²) in [6, 6.07) is 6.07. The first-order valence-corrected chi connectivity index (χ1v) is 9.61. The van der Waals surface area contributed by atoms with E-state index in [2.05, 4.69) is 6.92 Å². The average molecular weight is 358 g/mol. The molecule has 2 amide bonds. The van der Waals surface area contributed by atoms with Gasteiger partial charge in [-0.1, -0.05) is 18.2 Å². The molecule has 0 bridgehead atoms. The third-order valence-corrected chi connectivity index (χ3v) is 6.10. The second-order valence-corrected chi connectivity index (χ2v) is 7.89. The van der Waals surface area contributed by atoms with E-state index >= 15 is 0 Å². The van der Waals surface area contributed by atoms with Gasteiger partial charge in [-0.3, -0.25) is 9.59 Å². The molecule has 142 valence electrons. The summed E-state index contributed by atoms with van der Waals surface area (Å²) >= 11 is 0. The molecule has 26 heavy (non-hydrogen) atoms. The molecule has 1 aromatic rings. The summed E-state index contributed by atoms with van der Waals surface area (Å²) < 4.78 is 5.90. The fourth-order valence-electron chi connectivity index (χ4n) is 4.80. The molecule has 0 N–H and O–H groups in total. The van der Waals surface area contributed by atoms with Crippen LogP contribution in [-0.2, 0) is 9.59 Å². The van der Waals surface area contributed by atoms with E-state index in [1.807, 2.05) is 41.8 Å². The summed E-state index contributed by atoms with van der Waals surface area (Å²) in [6.07, 6.45) is 3.78. The Hall–Kier alpha value is -2.04. The summed E-state index contributed by atoms with van der Waals surface area (Å²) in [4.78, 5) is 29.0. The third-order valence-electron chi connectivity index (χ3n) is 6.10. The highest BCUT2D eigenvalue weighted by atomic mass is 16.5. The van der Waals surface area contributed by atoms with Crippen molar-refractivity contribution in [2.75, 3.05) is 19.7 Å². The van der Waals surface area contributed by atoms with Crippen LogP contribution < -0.4 is 4.74 Å². The zero-order valence-electron chi connectivity index (χ0n) is 16.4. The molecule has 2 aliphatic heterocycles. The van der Waals surface area contributed by atoms with Crippen molar-refractivity contribution in [1.29, 1.82) is 0 Å². The lowest BCUT2D eigenvalue weighted by Crippen LogP contribution is -2.68. The fourth-order valence-corrected chi connectivity index (χ4v) is 4.80. The number of rotatable bonds is 3. The maximum atomic E-state index is 13.0. The minimum atomic E-state index is -0.253. The summed E-state index contributed by atoms with van der Waals surface area (Å²) in [5.41, 5.74) is 1.83. The minimum absolute atomic E-state index is 0.0222. The zero-order valence-corrected chi connectivity index (χ0v) is 16.4. The van der Waals surface area contributed by atoms with Gasteiger partial charge in [0, 0.05) is 20.0 Å². The van der Waals surface area contributed by atoms with Crippen LogP contribution >= 0.6 is 0 Å². The molecule has 5 nitrogen and oxygen atoms in total. The molecule has 0 aromatic heterocycles. The zero-order chi connectivity index (χ0) is 18.9. The van der Waals surface area contributed by atoms with Crippen LogP contribution in [0.4, 0.5) is 0 Å². The van der Waals surface area contributed by atoms with Crippen molar-refractivity contribution < 1.29 is 14.3 Å². The van der Waals surface area contributed by atoms with Crippen molar-refractivity contribution in [3.05, 3.63) is 29.3 Å². The highest BCUT2D eigenvalue weighted by Gasteiger charge is 2.49. The van der Waals surface area contributed by atoms with Gasteiger partial charge in [-0.05, 0) is 57.6 Å². The van der Waals surface area contributed by atoms with Gasteiger partial charge in [0.15, 0.2) is 6.61 Å². The van der Waals surface area contributed by atoms with Crippen LogP contribution in [0.2, 0.25) is 0 Å². The van der Waals surface area contributed by atoms with Crippen LogP contribution in [0.1, 0.15) is 50.7 Å². The van der Waals surface area contributed by atoms with Crippen molar-refractivity contribution in [3.8, 4) is 5.75 Å². The first-order chi connectivity index (χ1) is 12.3. The van der Waals surface area contributed by atoms with E-state index < -0.39 is 0 Å². The normalized spacial score (nSPS) is 25.6. The lowest BCUT2D eigenvalue weighted by Gasteiger charge is -2.56. The number of piperidine rings is 2. The molecule has 2 saturated heterocycles. The lowest BCUT2D eigenvalue weighted by molar-refractivity contribution is -0.155. The number of hydrogen-bond acceptors (Lipinski definition) is 3. The van der Waals surface area contributed by atoms with E-state index in [9.17, 15) is 9.59 Å². The highest BCUT2D eigenvalue weighted by molar-refractivity contribution is 5.79. The molecule has 0 unspecified atom stereocenters. The van der Waals surface area contributed by atoms with Gasteiger partial charge in [0.05, 0.1) is 11.6 Å². The Morgan fingerprint density at radius 2 is 1.88 bits per heavy atom. The number of para-hydroxylation sites is 1. The van der Waals surface area contributed by atoms with Gasteiger partial charge in [-0.2, -0.15) is 0 Å². The van der Waals surface area contributed by atoms with Gasteiger partial charge in [0.25, 0.3) is 5.91 Å². The number of ether oxygens (including phenoxy) is 1. The Morgan fingerprint density at radius 3 is 2.54 bits per heavy atom. The van der Waals surface area contributed by atoms with Crippen molar-refractivity contribution in [2.24, 2.45) is 0 Å². The number of nitrogens with zero attached hydrogens (tertiary/aromatic N) is 2. The Bertz CT molecular complexity index is 682. The lowest BCUT2D eigenvalue weighted by atomic mass is 9.76. The van der Waals surface area contributed by atoms with Crippen molar-refractivity contribution in [1.82, 2.24) is 9.80 Å². The van der Waals surface area contributed by atoms with Crippen molar-refractivity contribution >= 4 is 11.8 Å². The number of carbonyl (C=O) groups is 2. The molecule has 5 heteroatoms. The van der Waals surface area contributed by atoms with Gasteiger partial charge in [0.2, 0.25) is 5.91 Å². The first-order valence-electron chi connectivity index (χ1n) is 9.61. The molecular formula is C21H30N2O3. The van der Waals surface area contributed by atoms with Crippen LogP contribution in [0, 0.1) is 13.8 Å². The number of carbonyl (C=O) groups excluding carboxylic acids is 2. The van der Waals surface area contributed by atoms with Crippen molar-refractivity contribution in [2.45, 2.75) is 65.0 Å². The molecule has 0 spiro atoms. The van der Waals surface area contributed by atoms with E-state index in [4.69, 9.17) is 4.74 Å². The largest absolute Gasteiger partial charge is 0.483 e. The number of hydrogen-bond donors (Lipinski definition) is 0. The van der Waals surface area contributed by atoms with Gasteiger partial charge in [-0.15, -0.1) is 0 Å². The van der Waals surface area contributed by atoms with Crippen LogP contribution in [0.25, 0.3) is 0 Å². The predicted octanol–water partition coefficient (Wildman–Crippen LogP) is 3.07. The van der Waals surface area contributed by atoms with Crippen LogP contribution in [0.5, 0.6) is 5.75 Å². The van der Waals surface area contributed by atoms with Crippen LogP contribution in [-0.4, -0.2) is 52.9 Å². The average Bonchev–Trinajstić information content (AvgIpc) is 2.59. The quantitative estimate of drug-likeness (QED) is 0.834.